The molecule has 0 bridgehead atoms. The lowest BCUT2D eigenvalue weighted by atomic mass is 9.86. The molecular weight excluding hydrogens is 448 g/mol. The Bertz CT molecular complexity index is 941. The maximum atomic E-state index is 13.0. The van der Waals surface area contributed by atoms with E-state index in [1.54, 1.807) is 11.3 Å². The largest absolute Gasteiger partial charge is 0.391 e. The average Bonchev–Trinajstić information content (AvgIpc) is 3.31. The number of β-amino-alcohol motifs (C(OH)–C–C–N with tert-alkyl or cyclic N) is 1. The van der Waals surface area contributed by atoms with Gasteiger partial charge in [-0.05, 0) is 30.4 Å². The van der Waals surface area contributed by atoms with Gasteiger partial charge in [-0.15, -0.1) is 23.7 Å². The molecule has 9 heteroatoms. The van der Waals surface area contributed by atoms with E-state index in [1.807, 2.05) is 64.4 Å². The van der Waals surface area contributed by atoms with Gasteiger partial charge in [-0.25, -0.2) is 4.98 Å². The van der Waals surface area contributed by atoms with Crippen molar-refractivity contribution in [1.82, 2.24) is 15.2 Å². The van der Waals surface area contributed by atoms with Crippen molar-refractivity contribution in [2.24, 2.45) is 11.1 Å². The minimum atomic E-state index is -0.742. The van der Waals surface area contributed by atoms with E-state index in [0.717, 1.165) is 21.7 Å². The third-order valence-corrected chi connectivity index (χ3v) is 6.82. The molecule has 1 aromatic heterocycles. The van der Waals surface area contributed by atoms with Gasteiger partial charge in [0.2, 0.25) is 11.8 Å². The SMILES string of the molecule is Cc1ncsc1-c1ccc(C(C)NC(=O)C2CC(O)CN2C(=O)[C@@H](N)C(C)(C)C)cc1.Cl. The topological polar surface area (TPSA) is 109 Å². The van der Waals surface area contributed by atoms with Crippen molar-refractivity contribution in [3.8, 4) is 10.4 Å². The van der Waals surface area contributed by atoms with Gasteiger partial charge < -0.3 is 21.1 Å². The maximum Gasteiger partial charge on any atom is 0.243 e. The highest BCUT2D eigenvalue weighted by molar-refractivity contribution is 7.13. The van der Waals surface area contributed by atoms with Crippen LogP contribution in [0.4, 0.5) is 0 Å². The van der Waals surface area contributed by atoms with Gasteiger partial charge in [0.1, 0.15) is 6.04 Å². The van der Waals surface area contributed by atoms with Gasteiger partial charge in [-0.3, -0.25) is 9.59 Å². The highest BCUT2D eigenvalue weighted by Crippen LogP contribution is 2.29. The van der Waals surface area contributed by atoms with Crippen molar-refractivity contribution < 1.29 is 14.7 Å². The first-order valence-corrected chi connectivity index (χ1v) is 11.4. The van der Waals surface area contributed by atoms with Gasteiger partial charge in [0.15, 0.2) is 0 Å². The molecule has 4 N–H and O–H groups in total. The number of aryl methyl sites for hydroxylation is 1. The zero-order valence-corrected chi connectivity index (χ0v) is 20.8. The first kappa shape index (κ1) is 26.3. The van der Waals surface area contributed by atoms with Crippen LogP contribution in [0.15, 0.2) is 29.8 Å². The minimum Gasteiger partial charge on any atom is -0.391 e. The van der Waals surface area contributed by atoms with E-state index in [0.29, 0.717) is 0 Å². The quantitative estimate of drug-likeness (QED) is 0.609. The fraction of sp³-hybridized carbons (Fsp3) is 0.522. The number of hydrogen-bond acceptors (Lipinski definition) is 6. The molecular formula is C23H33ClN4O3S. The van der Waals surface area contributed by atoms with Crippen molar-refractivity contribution in [3.63, 3.8) is 0 Å². The number of nitrogens with zero attached hydrogens (tertiary/aromatic N) is 2. The lowest BCUT2D eigenvalue weighted by molar-refractivity contribution is -0.141. The summed E-state index contributed by atoms with van der Waals surface area (Å²) in [5.74, 6) is -0.581. The molecule has 1 aliphatic rings. The van der Waals surface area contributed by atoms with Crippen molar-refractivity contribution in [3.05, 3.63) is 41.0 Å². The molecule has 176 valence electrons. The predicted molar refractivity (Wildman–Crippen MR) is 130 cm³/mol. The molecule has 1 fully saturated rings. The molecule has 3 rings (SSSR count). The Kier molecular flexibility index (Phi) is 8.44. The van der Waals surface area contributed by atoms with Crippen LogP contribution in [0.1, 0.15) is 51.4 Å². The minimum absolute atomic E-state index is 0. The Balaban J connectivity index is 0.00000363. The molecule has 1 aliphatic heterocycles. The molecule has 4 atom stereocenters. The van der Waals surface area contributed by atoms with Crippen LogP contribution in [0.25, 0.3) is 10.4 Å². The predicted octanol–water partition coefficient (Wildman–Crippen LogP) is 3.05. The maximum absolute atomic E-state index is 13.0. The zero-order valence-electron chi connectivity index (χ0n) is 19.2. The van der Waals surface area contributed by atoms with Crippen LogP contribution >= 0.6 is 23.7 Å². The summed E-state index contributed by atoms with van der Waals surface area (Å²) in [5, 5.41) is 13.1. The number of nitrogens with one attached hydrogen (secondary N) is 1. The second-order valence-electron chi connectivity index (χ2n) is 9.36. The highest BCUT2D eigenvalue weighted by atomic mass is 35.5. The summed E-state index contributed by atoms with van der Waals surface area (Å²) in [6.07, 6.45) is -0.519. The van der Waals surface area contributed by atoms with Gasteiger partial charge in [-0.2, -0.15) is 0 Å². The molecule has 7 nitrogen and oxygen atoms in total. The summed E-state index contributed by atoms with van der Waals surface area (Å²) in [5.41, 5.74) is 10.6. The Morgan fingerprint density at radius 2 is 1.91 bits per heavy atom. The number of aliphatic hydroxyl groups is 1. The highest BCUT2D eigenvalue weighted by Gasteiger charge is 2.42. The first-order chi connectivity index (χ1) is 14.5. The Morgan fingerprint density at radius 3 is 2.44 bits per heavy atom. The standard InChI is InChI=1S/C23H32N4O3S.ClH/c1-13(15-6-8-16(9-7-15)19-14(2)25-12-31-19)26-21(29)18-10-17(28)11-27(18)22(30)20(24)23(3,4)5;/h6-9,12-13,17-18,20,28H,10-11,24H2,1-5H3,(H,26,29);1H/t13?,17?,18?,20-;/m1./s1. The van der Waals surface area contributed by atoms with Gasteiger partial charge in [0.25, 0.3) is 0 Å². The van der Waals surface area contributed by atoms with E-state index in [-0.39, 0.29) is 43.2 Å². The van der Waals surface area contributed by atoms with Crippen LogP contribution < -0.4 is 11.1 Å². The summed E-state index contributed by atoms with van der Waals surface area (Å²) in [6.45, 7) is 9.67. The molecule has 1 aromatic carbocycles. The number of benzene rings is 1. The summed E-state index contributed by atoms with van der Waals surface area (Å²) in [4.78, 5) is 32.7. The van der Waals surface area contributed by atoms with Crippen LogP contribution in [-0.4, -0.2) is 51.5 Å². The summed E-state index contributed by atoms with van der Waals surface area (Å²) < 4.78 is 0. The Morgan fingerprint density at radius 1 is 1.28 bits per heavy atom. The van der Waals surface area contributed by atoms with E-state index in [2.05, 4.69) is 10.3 Å². The lowest BCUT2D eigenvalue weighted by Crippen LogP contribution is -2.55. The van der Waals surface area contributed by atoms with Crippen LogP contribution in [0.5, 0.6) is 0 Å². The number of carbonyl (C=O) groups is 2. The second-order valence-corrected chi connectivity index (χ2v) is 10.2. The smallest absolute Gasteiger partial charge is 0.243 e. The van der Waals surface area contributed by atoms with Crippen LogP contribution in [0, 0.1) is 12.3 Å². The number of nitrogens with two attached hydrogens (primary N) is 1. The molecule has 2 heterocycles. The monoisotopic (exact) mass is 480 g/mol. The number of hydrogen-bond donors (Lipinski definition) is 3. The van der Waals surface area contributed by atoms with Crippen LogP contribution in [-0.2, 0) is 9.59 Å². The van der Waals surface area contributed by atoms with E-state index < -0.39 is 23.6 Å². The van der Waals surface area contributed by atoms with Gasteiger partial charge in [0, 0.05) is 13.0 Å². The van der Waals surface area contributed by atoms with Crippen LogP contribution in [0.2, 0.25) is 0 Å². The van der Waals surface area contributed by atoms with E-state index >= 15 is 0 Å². The lowest BCUT2D eigenvalue weighted by Gasteiger charge is -2.32. The number of likely N-dealkylation sites (tertiary alicyclic amines) is 1. The number of carbonyl (C=O) groups excluding carboxylic acids is 2. The average molecular weight is 481 g/mol. The Labute approximate surface area is 199 Å². The molecule has 1 saturated heterocycles. The fourth-order valence-corrected chi connectivity index (χ4v) is 4.56. The molecule has 2 amide bonds. The molecule has 3 unspecified atom stereocenters. The summed E-state index contributed by atoms with van der Waals surface area (Å²) in [7, 11) is 0. The Hall–Kier alpha value is -2.00. The number of aromatic nitrogens is 1. The number of halogens is 1. The first-order valence-electron chi connectivity index (χ1n) is 10.5. The number of aliphatic hydroxyl groups excluding tert-OH is 1. The molecule has 0 saturated carbocycles. The molecule has 2 aromatic rings. The van der Waals surface area contributed by atoms with Crippen molar-refractivity contribution >= 4 is 35.6 Å². The van der Waals surface area contributed by atoms with Gasteiger partial charge >= 0.3 is 0 Å². The van der Waals surface area contributed by atoms with E-state index in [1.165, 1.54) is 4.90 Å². The number of rotatable bonds is 5. The fourth-order valence-electron chi connectivity index (χ4n) is 3.75. The number of amides is 2. The molecule has 32 heavy (non-hydrogen) atoms. The molecule has 0 aliphatic carbocycles. The summed E-state index contributed by atoms with van der Waals surface area (Å²) >= 11 is 1.60. The van der Waals surface area contributed by atoms with Crippen molar-refractivity contribution in [2.45, 2.75) is 65.3 Å². The molecule has 0 spiro atoms. The zero-order chi connectivity index (χ0) is 22.9. The summed E-state index contributed by atoms with van der Waals surface area (Å²) in [6, 6.07) is 6.32. The van der Waals surface area contributed by atoms with E-state index in [4.69, 9.17) is 5.73 Å². The molecule has 0 radical (unpaired) electrons. The van der Waals surface area contributed by atoms with Gasteiger partial charge in [0.05, 0.1) is 34.3 Å². The van der Waals surface area contributed by atoms with E-state index in [9.17, 15) is 14.7 Å². The second kappa shape index (κ2) is 10.3. The van der Waals surface area contributed by atoms with Crippen molar-refractivity contribution in [1.29, 1.82) is 0 Å². The van der Waals surface area contributed by atoms with Crippen LogP contribution in [0.3, 0.4) is 0 Å². The van der Waals surface area contributed by atoms with Crippen molar-refractivity contribution in [2.75, 3.05) is 6.54 Å². The third kappa shape index (κ3) is 5.67. The van der Waals surface area contributed by atoms with Gasteiger partial charge in [-0.1, -0.05) is 45.0 Å². The third-order valence-electron chi connectivity index (χ3n) is 5.84. The number of thiazole rings is 1. The normalized spacial score (nSPS) is 20.4.